The third kappa shape index (κ3) is 5.17. The molecule has 0 spiro atoms. The summed E-state index contributed by atoms with van der Waals surface area (Å²) in [6, 6.07) is -0.445. The van der Waals surface area contributed by atoms with Gasteiger partial charge in [-0.25, -0.2) is 0 Å². The Bertz CT molecular complexity index is 262. The minimum atomic E-state index is -0.445. The fraction of sp³-hybridized carbons (Fsp3) is 0.833. The molecule has 2 atom stereocenters. The molecule has 0 bridgehead atoms. The largest absolute Gasteiger partial charge is 0.355 e. The van der Waals surface area contributed by atoms with E-state index in [4.69, 9.17) is 0 Å². The Morgan fingerprint density at radius 2 is 2.24 bits per heavy atom. The molecule has 98 valence electrons. The summed E-state index contributed by atoms with van der Waals surface area (Å²) < 4.78 is 0. The van der Waals surface area contributed by atoms with E-state index in [-0.39, 0.29) is 11.8 Å². The van der Waals surface area contributed by atoms with Crippen LogP contribution in [0.1, 0.15) is 33.1 Å². The molecule has 1 rings (SSSR count). The quantitative estimate of drug-likeness (QED) is 0.635. The number of amides is 2. The highest BCUT2D eigenvalue weighted by atomic mass is 16.2. The molecule has 2 amide bonds. The number of rotatable bonds is 5. The molecule has 5 nitrogen and oxygen atoms in total. The molecule has 17 heavy (non-hydrogen) atoms. The topological polar surface area (TPSA) is 70.2 Å². The van der Waals surface area contributed by atoms with E-state index in [1.54, 1.807) is 6.92 Å². The van der Waals surface area contributed by atoms with Gasteiger partial charge in [-0.15, -0.1) is 0 Å². The molecule has 1 fully saturated rings. The van der Waals surface area contributed by atoms with Gasteiger partial charge < -0.3 is 16.0 Å². The smallest absolute Gasteiger partial charge is 0.242 e. The summed E-state index contributed by atoms with van der Waals surface area (Å²) in [6.07, 6.45) is 2.73. The van der Waals surface area contributed by atoms with E-state index >= 15 is 0 Å². The van der Waals surface area contributed by atoms with Crippen molar-refractivity contribution in [3.05, 3.63) is 0 Å². The first-order chi connectivity index (χ1) is 8.13. The summed E-state index contributed by atoms with van der Waals surface area (Å²) in [5.74, 6) is 0.255. The molecule has 2 unspecified atom stereocenters. The van der Waals surface area contributed by atoms with Gasteiger partial charge in [0.2, 0.25) is 11.8 Å². The van der Waals surface area contributed by atoms with Gasteiger partial charge in [-0.1, -0.05) is 0 Å². The zero-order valence-corrected chi connectivity index (χ0v) is 10.7. The van der Waals surface area contributed by atoms with Crippen LogP contribution in [0.3, 0.4) is 0 Å². The van der Waals surface area contributed by atoms with Crippen LogP contribution in [-0.4, -0.2) is 37.5 Å². The van der Waals surface area contributed by atoms with Crippen molar-refractivity contribution in [2.75, 3.05) is 19.6 Å². The molecule has 0 aromatic carbocycles. The molecule has 1 saturated heterocycles. The molecule has 1 aliphatic rings. The molecule has 0 saturated carbocycles. The maximum atomic E-state index is 11.7. The zero-order chi connectivity index (χ0) is 12.7. The van der Waals surface area contributed by atoms with Crippen LogP contribution in [-0.2, 0) is 9.59 Å². The summed E-state index contributed by atoms with van der Waals surface area (Å²) in [7, 11) is 0. The predicted octanol–water partition coefficient (Wildman–Crippen LogP) is 0.0169. The van der Waals surface area contributed by atoms with E-state index in [0.29, 0.717) is 18.9 Å². The number of piperidine rings is 1. The number of carbonyl (C=O) groups is 2. The van der Waals surface area contributed by atoms with Crippen LogP contribution in [0.2, 0.25) is 0 Å². The lowest BCUT2D eigenvalue weighted by molar-refractivity contribution is -0.129. The lowest BCUT2D eigenvalue weighted by Crippen LogP contribution is -2.45. The van der Waals surface area contributed by atoms with Crippen molar-refractivity contribution in [1.29, 1.82) is 0 Å². The zero-order valence-electron chi connectivity index (χ0n) is 10.7. The van der Waals surface area contributed by atoms with E-state index < -0.39 is 6.04 Å². The van der Waals surface area contributed by atoms with Crippen LogP contribution in [0, 0.1) is 5.92 Å². The van der Waals surface area contributed by atoms with Gasteiger partial charge in [0, 0.05) is 13.0 Å². The average Bonchev–Trinajstić information content (AvgIpc) is 2.30. The van der Waals surface area contributed by atoms with E-state index in [0.717, 1.165) is 25.9 Å². The van der Waals surface area contributed by atoms with Crippen LogP contribution in [0.4, 0.5) is 0 Å². The van der Waals surface area contributed by atoms with Crippen molar-refractivity contribution in [3.63, 3.8) is 0 Å². The number of likely N-dealkylation sites (N-methyl/N-ethyl adjacent to an activating group) is 1. The van der Waals surface area contributed by atoms with Gasteiger partial charge >= 0.3 is 0 Å². The first kappa shape index (κ1) is 14.0. The van der Waals surface area contributed by atoms with Crippen LogP contribution >= 0.6 is 0 Å². The van der Waals surface area contributed by atoms with Gasteiger partial charge in [0.25, 0.3) is 0 Å². The van der Waals surface area contributed by atoms with E-state index in [9.17, 15) is 9.59 Å². The molecule has 5 heteroatoms. The van der Waals surface area contributed by atoms with Crippen molar-refractivity contribution in [2.24, 2.45) is 5.92 Å². The lowest BCUT2D eigenvalue weighted by Gasteiger charge is -2.23. The van der Waals surface area contributed by atoms with Gasteiger partial charge in [0.05, 0.1) is 0 Å². The second-order valence-corrected chi connectivity index (χ2v) is 4.60. The molecule has 0 aliphatic carbocycles. The van der Waals surface area contributed by atoms with E-state index in [1.165, 1.54) is 0 Å². The number of hydrogen-bond donors (Lipinski definition) is 3. The lowest BCUT2D eigenvalue weighted by atomic mass is 9.96. The Labute approximate surface area is 103 Å². The molecule has 1 aliphatic heterocycles. The van der Waals surface area contributed by atoms with Gasteiger partial charge in [-0.05, 0) is 45.7 Å². The van der Waals surface area contributed by atoms with Crippen LogP contribution < -0.4 is 16.0 Å². The number of nitrogens with one attached hydrogen (secondary N) is 3. The van der Waals surface area contributed by atoms with E-state index in [1.807, 2.05) is 6.92 Å². The molecular weight excluding hydrogens is 218 g/mol. The second kappa shape index (κ2) is 7.27. The Balaban J connectivity index is 2.25. The minimum absolute atomic E-state index is 0.0301. The summed E-state index contributed by atoms with van der Waals surface area (Å²) >= 11 is 0. The normalized spacial score (nSPS) is 21.6. The summed E-state index contributed by atoms with van der Waals surface area (Å²) in [5.41, 5.74) is 0. The minimum Gasteiger partial charge on any atom is -0.355 e. The molecule has 0 aromatic rings. The van der Waals surface area contributed by atoms with Crippen molar-refractivity contribution >= 4 is 11.8 Å². The standard InChI is InChI=1S/C12H23N3O2/c1-3-14-12(17)9(2)15-11(16)7-10-5-4-6-13-8-10/h9-10,13H,3-8H2,1-2H3,(H,14,17)(H,15,16). The van der Waals surface area contributed by atoms with Crippen LogP contribution in [0.25, 0.3) is 0 Å². The Kier molecular flexibility index (Phi) is 5.97. The predicted molar refractivity (Wildman–Crippen MR) is 66.5 cm³/mol. The molecular formula is C12H23N3O2. The Hall–Kier alpha value is -1.10. The first-order valence-electron chi connectivity index (χ1n) is 6.41. The van der Waals surface area contributed by atoms with Gasteiger partial charge in [-0.2, -0.15) is 0 Å². The van der Waals surface area contributed by atoms with Crippen molar-refractivity contribution in [3.8, 4) is 0 Å². The van der Waals surface area contributed by atoms with Gasteiger partial charge in [-0.3, -0.25) is 9.59 Å². The molecule has 0 radical (unpaired) electrons. The van der Waals surface area contributed by atoms with Crippen molar-refractivity contribution in [2.45, 2.75) is 39.2 Å². The highest BCUT2D eigenvalue weighted by Gasteiger charge is 2.19. The van der Waals surface area contributed by atoms with Crippen LogP contribution in [0.15, 0.2) is 0 Å². The fourth-order valence-corrected chi connectivity index (χ4v) is 2.05. The highest BCUT2D eigenvalue weighted by molar-refractivity contribution is 5.87. The maximum absolute atomic E-state index is 11.7. The Morgan fingerprint density at radius 3 is 2.82 bits per heavy atom. The SMILES string of the molecule is CCNC(=O)C(C)NC(=O)CC1CCCNC1. The monoisotopic (exact) mass is 241 g/mol. The van der Waals surface area contributed by atoms with Gasteiger partial charge in [0.15, 0.2) is 0 Å². The van der Waals surface area contributed by atoms with Crippen LogP contribution in [0.5, 0.6) is 0 Å². The third-order valence-corrected chi connectivity index (χ3v) is 2.99. The number of hydrogen-bond acceptors (Lipinski definition) is 3. The Morgan fingerprint density at radius 1 is 1.47 bits per heavy atom. The first-order valence-corrected chi connectivity index (χ1v) is 6.41. The fourth-order valence-electron chi connectivity index (χ4n) is 2.05. The molecule has 1 heterocycles. The molecule has 3 N–H and O–H groups in total. The third-order valence-electron chi connectivity index (χ3n) is 2.99. The maximum Gasteiger partial charge on any atom is 0.242 e. The summed E-state index contributed by atoms with van der Waals surface area (Å²) in [5, 5.41) is 8.70. The summed E-state index contributed by atoms with van der Waals surface area (Å²) in [6.45, 7) is 6.12. The summed E-state index contributed by atoms with van der Waals surface area (Å²) in [4.78, 5) is 23.1. The van der Waals surface area contributed by atoms with Gasteiger partial charge in [0.1, 0.15) is 6.04 Å². The van der Waals surface area contributed by atoms with Crippen molar-refractivity contribution < 1.29 is 9.59 Å². The van der Waals surface area contributed by atoms with Crippen molar-refractivity contribution in [1.82, 2.24) is 16.0 Å². The molecule has 0 aromatic heterocycles. The second-order valence-electron chi connectivity index (χ2n) is 4.60. The highest BCUT2D eigenvalue weighted by Crippen LogP contribution is 2.13. The average molecular weight is 241 g/mol. The number of carbonyl (C=O) groups excluding carboxylic acids is 2. The van der Waals surface area contributed by atoms with E-state index in [2.05, 4.69) is 16.0 Å².